The van der Waals surface area contributed by atoms with Gasteiger partial charge in [-0.25, -0.2) is 0 Å². The number of halogens is 1. The molecule has 0 radical (unpaired) electrons. The smallest absolute Gasteiger partial charge is 0.255 e. The SMILES string of the molecule is CNCC1CCCN(C(=O)c2ccncc2Cl)C1. The molecule has 1 saturated heterocycles. The highest BCUT2D eigenvalue weighted by atomic mass is 35.5. The number of rotatable bonds is 3. The number of hydrogen-bond donors (Lipinski definition) is 1. The molecule has 1 aliphatic heterocycles. The first-order valence-electron chi connectivity index (χ1n) is 6.25. The average molecular weight is 268 g/mol. The summed E-state index contributed by atoms with van der Waals surface area (Å²) in [4.78, 5) is 18.2. The summed E-state index contributed by atoms with van der Waals surface area (Å²) in [7, 11) is 1.94. The Morgan fingerprint density at radius 2 is 2.50 bits per heavy atom. The van der Waals surface area contributed by atoms with Gasteiger partial charge in [0, 0.05) is 25.5 Å². The summed E-state index contributed by atoms with van der Waals surface area (Å²) in [6.07, 6.45) is 5.35. The van der Waals surface area contributed by atoms with Crippen LogP contribution in [0.3, 0.4) is 0 Å². The van der Waals surface area contributed by atoms with Gasteiger partial charge in [-0.1, -0.05) is 11.6 Å². The van der Waals surface area contributed by atoms with Gasteiger partial charge in [0.25, 0.3) is 5.91 Å². The van der Waals surface area contributed by atoms with Crippen molar-refractivity contribution in [2.24, 2.45) is 5.92 Å². The Kier molecular flexibility index (Phi) is 4.55. The van der Waals surface area contributed by atoms with Crippen LogP contribution in [0.2, 0.25) is 5.02 Å². The van der Waals surface area contributed by atoms with E-state index in [9.17, 15) is 4.79 Å². The van der Waals surface area contributed by atoms with Crippen molar-refractivity contribution < 1.29 is 4.79 Å². The molecule has 1 amide bonds. The highest BCUT2D eigenvalue weighted by Gasteiger charge is 2.25. The van der Waals surface area contributed by atoms with E-state index in [0.29, 0.717) is 16.5 Å². The third kappa shape index (κ3) is 3.00. The van der Waals surface area contributed by atoms with Crippen molar-refractivity contribution in [3.8, 4) is 0 Å². The van der Waals surface area contributed by atoms with Crippen LogP contribution in [-0.4, -0.2) is 42.5 Å². The summed E-state index contributed by atoms with van der Waals surface area (Å²) in [6, 6.07) is 1.69. The standard InChI is InChI=1S/C13H18ClN3O/c1-15-7-10-3-2-6-17(9-10)13(18)11-4-5-16-8-12(11)14/h4-5,8,10,15H,2-3,6-7,9H2,1H3. The lowest BCUT2D eigenvalue weighted by Gasteiger charge is -2.32. The van der Waals surface area contributed by atoms with Gasteiger partial charge < -0.3 is 10.2 Å². The Hall–Kier alpha value is -1.13. The van der Waals surface area contributed by atoms with Crippen LogP contribution in [0.4, 0.5) is 0 Å². The fourth-order valence-electron chi connectivity index (χ4n) is 2.42. The van der Waals surface area contributed by atoms with Gasteiger partial charge in [-0.15, -0.1) is 0 Å². The number of carbonyl (C=O) groups is 1. The Morgan fingerprint density at radius 3 is 3.22 bits per heavy atom. The number of carbonyl (C=O) groups excluding carboxylic acids is 1. The van der Waals surface area contributed by atoms with Crippen LogP contribution >= 0.6 is 11.6 Å². The van der Waals surface area contributed by atoms with Gasteiger partial charge in [-0.2, -0.15) is 0 Å². The highest BCUT2D eigenvalue weighted by Crippen LogP contribution is 2.21. The molecule has 2 heterocycles. The first-order chi connectivity index (χ1) is 8.72. The van der Waals surface area contributed by atoms with E-state index in [-0.39, 0.29) is 5.91 Å². The monoisotopic (exact) mass is 267 g/mol. The first kappa shape index (κ1) is 13.3. The number of nitrogens with zero attached hydrogens (tertiary/aromatic N) is 2. The number of pyridine rings is 1. The summed E-state index contributed by atoms with van der Waals surface area (Å²) in [6.45, 7) is 2.57. The zero-order chi connectivity index (χ0) is 13.0. The predicted molar refractivity (Wildman–Crippen MR) is 71.8 cm³/mol. The molecule has 1 aromatic heterocycles. The topological polar surface area (TPSA) is 45.2 Å². The van der Waals surface area contributed by atoms with E-state index in [2.05, 4.69) is 10.3 Å². The van der Waals surface area contributed by atoms with Crippen LogP contribution in [0.15, 0.2) is 18.5 Å². The van der Waals surface area contributed by atoms with E-state index < -0.39 is 0 Å². The number of likely N-dealkylation sites (tertiary alicyclic amines) is 1. The van der Waals surface area contributed by atoms with E-state index in [1.54, 1.807) is 12.3 Å². The lowest BCUT2D eigenvalue weighted by molar-refractivity contribution is 0.0674. The molecule has 0 spiro atoms. The molecule has 2 rings (SSSR count). The Balaban J connectivity index is 2.07. The Morgan fingerprint density at radius 1 is 1.67 bits per heavy atom. The third-order valence-electron chi connectivity index (χ3n) is 3.30. The van der Waals surface area contributed by atoms with Crippen LogP contribution in [0.25, 0.3) is 0 Å². The molecule has 1 aliphatic rings. The van der Waals surface area contributed by atoms with E-state index in [1.165, 1.54) is 12.6 Å². The van der Waals surface area contributed by atoms with Crippen molar-refractivity contribution in [2.45, 2.75) is 12.8 Å². The molecule has 18 heavy (non-hydrogen) atoms. The van der Waals surface area contributed by atoms with Gasteiger partial charge in [-0.05, 0) is 38.4 Å². The minimum atomic E-state index is 0.0169. The number of nitrogens with one attached hydrogen (secondary N) is 1. The summed E-state index contributed by atoms with van der Waals surface area (Å²) >= 11 is 6.01. The quantitative estimate of drug-likeness (QED) is 0.908. The van der Waals surface area contributed by atoms with Crippen LogP contribution in [0.5, 0.6) is 0 Å². The summed E-state index contributed by atoms with van der Waals surface area (Å²) in [5, 5.41) is 3.60. The largest absolute Gasteiger partial charge is 0.338 e. The second-order valence-corrected chi connectivity index (χ2v) is 5.08. The molecule has 0 saturated carbocycles. The zero-order valence-corrected chi connectivity index (χ0v) is 11.3. The van der Waals surface area contributed by atoms with Crippen LogP contribution in [0, 0.1) is 5.92 Å². The fourth-order valence-corrected chi connectivity index (χ4v) is 2.62. The molecule has 1 aromatic rings. The summed E-state index contributed by atoms with van der Waals surface area (Å²) in [5.74, 6) is 0.552. The van der Waals surface area contributed by atoms with Crippen LogP contribution in [0.1, 0.15) is 23.2 Å². The van der Waals surface area contributed by atoms with E-state index in [4.69, 9.17) is 11.6 Å². The Labute approximate surface area is 112 Å². The molecular weight excluding hydrogens is 250 g/mol. The number of hydrogen-bond acceptors (Lipinski definition) is 3. The van der Waals surface area contributed by atoms with Gasteiger partial charge in [0.05, 0.1) is 10.6 Å². The van der Waals surface area contributed by atoms with Crippen molar-refractivity contribution in [2.75, 3.05) is 26.7 Å². The van der Waals surface area contributed by atoms with Crippen molar-refractivity contribution >= 4 is 17.5 Å². The van der Waals surface area contributed by atoms with E-state index >= 15 is 0 Å². The zero-order valence-electron chi connectivity index (χ0n) is 10.5. The van der Waals surface area contributed by atoms with Crippen LogP contribution < -0.4 is 5.32 Å². The molecule has 1 unspecified atom stereocenters. The maximum atomic E-state index is 12.4. The van der Waals surface area contributed by atoms with Gasteiger partial charge in [0.2, 0.25) is 0 Å². The normalized spacial score (nSPS) is 19.9. The van der Waals surface area contributed by atoms with Crippen molar-refractivity contribution in [1.82, 2.24) is 15.2 Å². The molecule has 1 atom stereocenters. The van der Waals surface area contributed by atoms with E-state index in [1.807, 2.05) is 11.9 Å². The van der Waals surface area contributed by atoms with Crippen molar-refractivity contribution in [1.29, 1.82) is 0 Å². The third-order valence-corrected chi connectivity index (χ3v) is 3.60. The second-order valence-electron chi connectivity index (χ2n) is 4.67. The maximum absolute atomic E-state index is 12.4. The van der Waals surface area contributed by atoms with Crippen molar-refractivity contribution in [3.63, 3.8) is 0 Å². The van der Waals surface area contributed by atoms with Gasteiger partial charge >= 0.3 is 0 Å². The minimum Gasteiger partial charge on any atom is -0.338 e. The molecular formula is C13H18ClN3O. The molecule has 4 nitrogen and oxygen atoms in total. The van der Waals surface area contributed by atoms with E-state index in [0.717, 1.165) is 26.1 Å². The maximum Gasteiger partial charge on any atom is 0.255 e. The lowest BCUT2D eigenvalue weighted by atomic mass is 9.97. The molecule has 0 bridgehead atoms. The first-order valence-corrected chi connectivity index (χ1v) is 6.63. The molecule has 1 fully saturated rings. The van der Waals surface area contributed by atoms with Gasteiger partial charge in [0.15, 0.2) is 0 Å². The molecule has 5 heteroatoms. The second kappa shape index (κ2) is 6.16. The highest BCUT2D eigenvalue weighted by molar-refractivity contribution is 6.33. The van der Waals surface area contributed by atoms with Gasteiger partial charge in [0.1, 0.15) is 0 Å². The predicted octanol–water partition coefficient (Wildman–Crippen LogP) is 1.81. The number of amides is 1. The molecule has 98 valence electrons. The summed E-state index contributed by atoms with van der Waals surface area (Å²) in [5.41, 5.74) is 0.553. The molecule has 1 N–H and O–H groups in total. The Bertz CT molecular complexity index is 422. The number of piperidine rings is 1. The molecule has 0 aliphatic carbocycles. The van der Waals surface area contributed by atoms with Gasteiger partial charge in [-0.3, -0.25) is 9.78 Å². The average Bonchev–Trinajstić information content (AvgIpc) is 2.39. The fraction of sp³-hybridized carbons (Fsp3) is 0.538. The molecule has 0 aromatic carbocycles. The minimum absolute atomic E-state index is 0.0169. The lowest BCUT2D eigenvalue weighted by Crippen LogP contribution is -2.42. The van der Waals surface area contributed by atoms with Crippen LogP contribution in [-0.2, 0) is 0 Å². The number of aromatic nitrogens is 1. The van der Waals surface area contributed by atoms with Crippen molar-refractivity contribution in [3.05, 3.63) is 29.0 Å². The summed E-state index contributed by atoms with van der Waals surface area (Å²) < 4.78 is 0.